The first-order valence-electron chi connectivity index (χ1n) is 4.33. The zero-order chi connectivity index (χ0) is 10.6. The van der Waals surface area contributed by atoms with Gasteiger partial charge in [0.2, 0.25) is 0 Å². The van der Waals surface area contributed by atoms with Crippen molar-refractivity contribution in [3.05, 3.63) is 30.3 Å². The van der Waals surface area contributed by atoms with Crippen LogP contribution < -0.4 is 5.01 Å². The molecule has 4 nitrogen and oxygen atoms in total. The highest BCUT2D eigenvalue weighted by molar-refractivity contribution is 5.93. The number of anilines is 1. The van der Waals surface area contributed by atoms with E-state index in [2.05, 4.69) is 0 Å². The van der Waals surface area contributed by atoms with E-state index in [0.29, 0.717) is 0 Å². The molecule has 0 aliphatic rings. The molecule has 0 aliphatic heterocycles. The molecule has 0 atom stereocenters. The van der Waals surface area contributed by atoms with Gasteiger partial charge in [-0.2, -0.15) is 0 Å². The summed E-state index contributed by atoms with van der Waals surface area (Å²) in [7, 11) is 3.50. The van der Waals surface area contributed by atoms with Crippen molar-refractivity contribution in [2.24, 2.45) is 0 Å². The van der Waals surface area contributed by atoms with Gasteiger partial charge in [0.25, 0.3) is 5.91 Å². The van der Waals surface area contributed by atoms with Gasteiger partial charge < -0.3 is 5.11 Å². The van der Waals surface area contributed by atoms with Gasteiger partial charge in [-0.05, 0) is 12.1 Å². The maximum Gasteiger partial charge on any atom is 0.267 e. The van der Waals surface area contributed by atoms with Crippen molar-refractivity contribution in [3.63, 3.8) is 0 Å². The highest BCUT2D eigenvalue weighted by Gasteiger charge is 2.16. The van der Waals surface area contributed by atoms with Gasteiger partial charge in [0, 0.05) is 14.1 Å². The highest BCUT2D eigenvalue weighted by atomic mass is 16.3. The molecule has 0 radical (unpaired) electrons. The second-order valence-corrected chi connectivity index (χ2v) is 3.05. The van der Waals surface area contributed by atoms with Crippen LogP contribution in [0.5, 0.6) is 0 Å². The monoisotopic (exact) mass is 194 g/mol. The molecule has 76 valence electrons. The zero-order valence-corrected chi connectivity index (χ0v) is 8.34. The molecule has 0 saturated heterocycles. The minimum Gasteiger partial charge on any atom is -0.386 e. The van der Waals surface area contributed by atoms with Crippen molar-refractivity contribution >= 4 is 11.6 Å². The summed E-state index contributed by atoms with van der Waals surface area (Å²) in [4.78, 5) is 11.4. The Morgan fingerprint density at radius 2 is 1.86 bits per heavy atom. The molecule has 0 aliphatic carbocycles. The van der Waals surface area contributed by atoms with E-state index in [0.717, 1.165) is 5.69 Å². The normalized spacial score (nSPS) is 10.3. The smallest absolute Gasteiger partial charge is 0.267 e. The van der Waals surface area contributed by atoms with Crippen LogP contribution in [0, 0.1) is 0 Å². The number of rotatable bonds is 3. The molecular weight excluding hydrogens is 180 g/mol. The highest BCUT2D eigenvalue weighted by Crippen LogP contribution is 2.13. The average molecular weight is 194 g/mol. The van der Waals surface area contributed by atoms with Crippen LogP contribution in [-0.2, 0) is 4.79 Å². The van der Waals surface area contributed by atoms with Crippen molar-refractivity contribution in [1.29, 1.82) is 0 Å². The van der Waals surface area contributed by atoms with Crippen LogP contribution in [0.25, 0.3) is 0 Å². The van der Waals surface area contributed by atoms with Gasteiger partial charge in [-0.3, -0.25) is 4.79 Å². The van der Waals surface area contributed by atoms with Gasteiger partial charge in [-0.25, -0.2) is 10.0 Å². The summed E-state index contributed by atoms with van der Waals surface area (Å²) in [6, 6.07) is 9.19. The number of nitrogens with zero attached hydrogens (tertiary/aromatic N) is 2. The summed E-state index contributed by atoms with van der Waals surface area (Å²) >= 11 is 0. The van der Waals surface area contributed by atoms with Gasteiger partial charge in [0.15, 0.2) is 0 Å². The summed E-state index contributed by atoms with van der Waals surface area (Å²) in [6.07, 6.45) is 0. The molecule has 0 heterocycles. The van der Waals surface area contributed by atoms with E-state index in [1.54, 1.807) is 19.1 Å². The van der Waals surface area contributed by atoms with Crippen LogP contribution in [-0.4, -0.2) is 36.7 Å². The maximum absolute atomic E-state index is 11.4. The Morgan fingerprint density at radius 1 is 1.29 bits per heavy atom. The van der Waals surface area contributed by atoms with Crippen LogP contribution in [0.2, 0.25) is 0 Å². The Kier molecular flexibility index (Phi) is 3.62. The Hall–Kier alpha value is -1.39. The number of aliphatic hydroxyl groups excluding tert-OH is 1. The van der Waals surface area contributed by atoms with Gasteiger partial charge in [0.1, 0.15) is 6.61 Å². The van der Waals surface area contributed by atoms with Gasteiger partial charge in [-0.15, -0.1) is 0 Å². The summed E-state index contributed by atoms with van der Waals surface area (Å²) in [5.41, 5.74) is 0.747. The number of benzene rings is 1. The van der Waals surface area contributed by atoms with Gasteiger partial charge in [0.05, 0.1) is 5.69 Å². The zero-order valence-electron chi connectivity index (χ0n) is 8.34. The molecular formula is C10H14N2O2. The first kappa shape index (κ1) is 10.7. The summed E-state index contributed by atoms with van der Waals surface area (Å²) in [5, 5.41) is 11.8. The fourth-order valence-electron chi connectivity index (χ4n) is 1.23. The average Bonchev–Trinajstić information content (AvgIpc) is 2.19. The SMILES string of the molecule is CN(C)N(C(=O)CO)c1ccccc1. The molecule has 0 bridgehead atoms. The van der Waals surface area contributed by atoms with E-state index in [-0.39, 0.29) is 5.91 Å². The van der Waals surface area contributed by atoms with Crippen LogP contribution in [0.4, 0.5) is 5.69 Å². The Balaban J connectivity index is 2.95. The Bertz CT molecular complexity index is 298. The molecule has 0 saturated carbocycles. The quantitative estimate of drug-likeness (QED) is 0.712. The fourth-order valence-corrected chi connectivity index (χ4v) is 1.23. The number of carbonyl (C=O) groups is 1. The number of amides is 1. The number of para-hydroxylation sites is 1. The maximum atomic E-state index is 11.4. The van der Waals surface area contributed by atoms with E-state index < -0.39 is 6.61 Å². The lowest BCUT2D eigenvalue weighted by molar-refractivity contribution is -0.123. The van der Waals surface area contributed by atoms with E-state index in [4.69, 9.17) is 5.11 Å². The largest absolute Gasteiger partial charge is 0.386 e. The number of carbonyl (C=O) groups excluding carboxylic acids is 1. The molecule has 0 aromatic heterocycles. The predicted molar refractivity (Wildman–Crippen MR) is 54.7 cm³/mol. The molecule has 14 heavy (non-hydrogen) atoms. The Morgan fingerprint density at radius 3 is 2.29 bits per heavy atom. The fraction of sp³-hybridized carbons (Fsp3) is 0.300. The summed E-state index contributed by atoms with van der Waals surface area (Å²) < 4.78 is 0. The van der Waals surface area contributed by atoms with Gasteiger partial charge in [-0.1, -0.05) is 18.2 Å². The van der Waals surface area contributed by atoms with Crippen LogP contribution in [0.3, 0.4) is 0 Å². The van der Waals surface area contributed by atoms with E-state index >= 15 is 0 Å². The standard InChI is InChI=1S/C10H14N2O2/c1-11(2)12(10(14)8-13)9-6-4-3-5-7-9/h3-7,13H,8H2,1-2H3. The van der Waals surface area contributed by atoms with Crippen LogP contribution >= 0.6 is 0 Å². The van der Waals surface area contributed by atoms with Crippen molar-refractivity contribution in [2.45, 2.75) is 0 Å². The molecule has 1 N–H and O–H groups in total. The number of hydrogen-bond acceptors (Lipinski definition) is 3. The second kappa shape index (κ2) is 4.74. The molecule has 1 aromatic rings. The third kappa shape index (κ3) is 2.31. The molecule has 0 fully saturated rings. The number of hydrogen-bond donors (Lipinski definition) is 1. The lowest BCUT2D eigenvalue weighted by Crippen LogP contribution is -2.43. The summed E-state index contributed by atoms with van der Waals surface area (Å²) in [5.74, 6) is -0.346. The van der Waals surface area contributed by atoms with E-state index in [9.17, 15) is 4.79 Å². The first-order valence-corrected chi connectivity index (χ1v) is 4.33. The number of hydrazine groups is 1. The predicted octanol–water partition coefficient (Wildman–Crippen LogP) is 0.488. The molecule has 4 heteroatoms. The van der Waals surface area contributed by atoms with Crippen LogP contribution in [0.1, 0.15) is 0 Å². The van der Waals surface area contributed by atoms with Gasteiger partial charge >= 0.3 is 0 Å². The second-order valence-electron chi connectivity index (χ2n) is 3.05. The molecule has 1 amide bonds. The van der Waals surface area contributed by atoms with E-state index in [1.807, 2.05) is 30.3 Å². The Labute approximate surface area is 83.3 Å². The van der Waals surface area contributed by atoms with Crippen molar-refractivity contribution < 1.29 is 9.90 Å². The lowest BCUT2D eigenvalue weighted by Gasteiger charge is -2.28. The van der Waals surface area contributed by atoms with Crippen molar-refractivity contribution in [1.82, 2.24) is 5.01 Å². The van der Waals surface area contributed by atoms with Crippen molar-refractivity contribution in [3.8, 4) is 0 Å². The third-order valence-electron chi connectivity index (χ3n) is 1.77. The lowest BCUT2D eigenvalue weighted by atomic mass is 10.3. The molecule has 1 aromatic carbocycles. The number of aliphatic hydroxyl groups is 1. The minimum atomic E-state index is -0.493. The van der Waals surface area contributed by atoms with Crippen LogP contribution in [0.15, 0.2) is 30.3 Å². The topological polar surface area (TPSA) is 43.8 Å². The molecule has 0 unspecified atom stereocenters. The van der Waals surface area contributed by atoms with E-state index in [1.165, 1.54) is 5.01 Å². The summed E-state index contributed by atoms with van der Waals surface area (Å²) in [6.45, 7) is -0.493. The first-order chi connectivity index (χ1) is 6.66. The molecule has 0 spiro atoms. The third-order valence-corrected chi connectivity index (χ3v) is 1.77. The minimum absolute atomic E-state index is 0.346. The van der Waals surface area contributed by atoms with Crippen molar-refractivity contribution in [2.75, 3.05) is 25.7 Å². The molecule has 1 rings (SSSR count).